The van der Waals surface area contributed by atoms with Crippen molar-refractivity contribution in [3.63, 3.8) is 0 Å². The summed E-state index contributed by atoms with van der Waals surface area (Å²) in [4.78, 5) is 10.9. The van der Waals surface area contributed by atoms with E-state index >= 15 is 0 Å². The average Bonchev–Trinajstić information content (AvgIpc) is 1.69. The minimum atomic E-state index is 0.286. The van der Waals surface area contributed by atoms with Crippen molar-refractivity contribution in [3.05, 3.63) is 11.1 Å². The van der Waals surface area contributed by atoms with Gasteiger partial charge in [-0.05, 0) is 11.1 Å². The van der Waals surface area contributed by atoms with Crippen LogP contribution in [0.4, 0.5) is 0 Å². The van der Waals surface area contributed by atoms with Crippen molar-refractivity contribution in [2.75, 3.05) is 6.61 Å². The van der Waals surface area contributed by atoms with Crippen molar-refractivity contribution in [1.29, 1.82) is 0 Å². The molecule has 0 N–H and O–H groups in total. The molecule has 0 aromatic rings. The van der Waals surface area contributed by atoms with Gasteiger partial charge in [0.1, 0.15) is 6.61 Å². The minimum absolute atomic E-state index is 0.286. The van der Waals surface area contributed by atoms with Gasteiger partial charge in [0, 0.05) is 0 Å². The SMILES string of the molecule is O=[C]OCC=CBr. The Morgan fingerprint density at radius 3 is 3.00 bits per heavy atom. The lowest BCUT2D eigenvalue weighted by molar-refractivity contribution is 0.314. The zero-order valence-corrected chi connectivity index (χ0v) is 5.14. The van der Waals surface area contributed by atoms with E-state index in [-0.39, 0.29) is 6.61 Å². The summed E-state index contributed by atoms with van der Waals surface area (Å²) in [7, 11) is 0. The van der Waals surface area contributed by atoms with Crippen LogP contribution in [0, 0.1) is 0 Å². The Morgan fingerprint density at radius 1 is 1.86 bits per heavy atom. The van der Waals surface area contributed by atoms with E-state index in [4.69, 9.17) is 0 Å². The molecule has 0 unspecified atom stereocenters. The highest BCUT2D eigenvalue weighted by Crippen LogP contribution is 1.80. The number of hydrogen-bond acceptors (Lipinski definition) is 2. The molecule has 0 amide bonds. The van der Waals surface area contributed by atoms with Gasteiger partial charge in [-0.2, -0.15) is 0 Å². The standard InChI is InChI=1S/C4H4BrO2/c5-2-1-3-7-4-6/h1-2H,3H2. The zero-order chi connectivity index (χ0) is 5.54. The summed E-state index contributed by atoms with van der Waals surface area (Å²) in [6, 6.07) is 0. The Labute approximate surface area is 50.3 Å². The fourth-order valence-electron chi connectivity index (χ4n) is 0.119. The van der Waals surface area contributed by atoms with Crippen molar-refractivity contribution in [3.8, 4) is 0 Å². The van der Waals surface area contributed by atoms with Crippen molar-refractivity contribution in [2.45, 2.75) is 0 Å². The first-order chi connectivity index (χ1) is 3.41. The third-order valence-corrected chi connectivity index (χ3v) is 0.701. The number of hydrogen-bond donors (Lipinski definition) is 0. The molecule has 1 radical (unpaired) electrons. The Balaban J connectivity index is 2.82. The van der Waals surface area contributed by atoms with Gasteiger partial charge in [0.05, 0.1) is 0 Å². The van der Waals surface area contributed by atoms with Crippen LogP contribution in [0.1, 0.15) is 0 Å². The maximum Gasteiger partial charge on any atom is 0.417 e. The highest BCUT2D eigenvalue weighted by molar-refractivity contribution is 9.11. The molecule has 0 bridgehead atoms. The molecule has 39 valence electrons. The van der Waals surface area contributed by atoms with E-state index in [2.05, 4.69) is 20.7 Å². The monoisotopic (exact) mass is 163 g/mol. The molecular weight excluding hydrogens is 160 g/mol. The summed E-state index contributed by atoms with van der Waals surface area (Å²) < 4.78 is 4.15. The predicted molar refractivity (Wildman–Crippen MR) is 29.7 cm³/mol. The van der Waals surface area contributed by atoms with E-state index in [1.807, 2.05) is 0 Å². The van der Waals surface area contributed by atoms with Gasteiger partial charge in [0.25, 0.3) is 0 Å². The molecule has 0 aliphatic heterocycles. The van der Waals surface area contributed by atoms with E-state index in [9.17, 15) is 4.79 Å². The van der Waals surface area contributed by atoms with Crippen LogP contribution >= 0.6 is 15.9 Å². The van der Waals surface area contributed by atoms with Crippen LogP contribution in [0.15, 0.2) is 11.1 Å². The Kier molecular flexibility index (Phi) is 5.44. The molecule has 0 spiro atoms. The minimum Gasteiger partial charge on any atom is -0.453 e. The number of ether oxygens (including phenoxy) is 1. The summed E-state index contributed by atoms with van der Waals surface area (Å²) in [5.74, 6) is 0. The topological polar surface area (TPSA) is 26.3 Å². The first-order valence-corrected chi connectivity index (χ1v) is 2.57. The van der Waals surface area contributed by atoms with Crippen LogP contribution in [0.2, 0.25) is 0 Å². The lowest BCUT2D eigenvalue weighted by atomic mass is 10.7. The molecule has 0 fully saturated rings. The van der Waals surface area contributed by atoms with Gasteiger partial charge >= 0.3 is 6.47 Å². The van der Waals surface area contributed by atoms with Crippen LogP contribution < -0.4 is 0 Å². The molecule has 0 saturated carbocycles. The second kappa shape index (κ2) is 5.69. The fourth-order valence-corrected chi connectivity index (χ4v) is 0.271. The van der Waals surface area contributed by atoms with Gasteiger partial charge in [-0.1, -0.05) is 15.9 Å². The van der Waals surface area contributed by atoms with Crippen molar-refractivity contribution < 1.29 is 9.53 Å². The molecular formula is C4H4BrO2. The van der Waals surface area contributed by atoms with Crippen LogP contribution in [0.25, 0.3) is 0 Å². The van der Waals surface area contributed by atoms with E-state index in [1.165, 1.54) is 6.47 Å². The molecule has 3 heteroatoms. The van der Waals surface area contributed by atoms with Gasteiger partial charge in [-0.15, -0.1) is 0 Å². The fraction of sp³-hybridized carbons (Fsp3) is 0.250. The number of rotatable bonds is 3. The van der Waals surface area contributed by atoms with Crippen LogP contribution in [0.5, 0.6) is 0 Å². The van der Waals surface area contributed by atoms with E-state index in [1.54, 1.807) is 11.1 Å². The lowest BCUT2D eigenvalue weighted by Gasteiger charge is -1.81. The van der Waals surface area contributed by atoms with Crippen LogP contribution in [-0.2, 0) is 9.53 Å². The van der Waals surface area contributed by atoms with E-state index < -0.39 is 0 Å². The zero-order valence-electron chi connectivity index (χ0n) is 3.56. The maximum absolute atomic E-state index is 9.28. The maximum atomic E-state index is 9.28. The first-order valence-electron chi connectivity index (χ1n) is 1.66. The molecule has 0 atom stereocenters. The molecule has 0 aliphatic carbocycles. The van der Waals surface area contributed by atoms with Gasteiger partial charge in [-0.25, -0.2) is 4.79 Å². The molecule has 0 aromatic heterocycles. The smallest absolute Gasteiger partial charge is 0.417 e. The normalized spacial score (nSPS) is 9.29. The second-order valence-corrected chi connectivity index (χ2v) is 1.28. The van der Waals surface area contributed by atoms with Crippen molar-refractivity contribution >= 4 is 22.4 Å². The third-order valence-electron chi connectivity index (χ3n) is 0.328. The number of halogens is 1. The Hall–Kier alpha value is -0.310. The molecule has 0 aromatic carbocycles. The van der Waals surface area contributed by atoms with E-state index in [0.29, 0.717) is 0 Å². The first kappa shape index (κ1) is 6.69. The molecule has 2 nitrogen and oxygen atoms in total. The van der Waals surface area contributed by atoms with Gasteiger partial charge in [0.15, 0.2) is 0 Å². The molecule has 0 aliphatic rings. The molecule has 0 heterocycles. The predicted octanol–water partition coefficient (Wildman–Crippen LogP) is 0.979. The Morgan fingerprint density at radius 2 is 2.57 bits per heavy atom. The Bertz CT molecular complexity index is 70.1. The second-order valence-electron chi connectivity index (χ2n) is 0.756. The van der Waals surface area contributed by atoms with Gasteiger partial charge < -0.3 is 4.74 Å². The highest BCUT2D eigenvalue weighted by Gasteiger charge is 1.71. The van der Waals surface area contributed by atoms with Gasteiger partial charge in [0.2, 0.25) is 0 Å². The van der Waals surface area contributed by atoms with Gasteiger partial charge in [-0.3, -0.25) is 0 Å². The average molecular weight is 164 g/mol. The summed E-state index contributed by atoms with van der Waals surface area (Å²) in [6.45, 7) is 1.57. The summed E-state index contributed by atoms with van der Waals surface area (Å²) >= 11 is 2.99. The lowest BCUT2D eigenvalue weighted by Crippen LogP contribution is -1.83. The third kappa shape index (κ3) is 5.69. The molecule has 7 heavy (non-hydrogen) atoms. The van der Waals surface area contributed by atoms with E-state index in [0.717, 1.165) is 0 Å². The summed E-state index contributed by atoms with van der Waals surface area (Å²) in [6.07, 6.45) is 1.64. The largest absolute Gasteiger partial charge is 0.453 e. The summed E-state index contributed by atoms with van der Waals surface area (Å²) in [5.41, 5.74) is 0. The molecule has 0 saturated heterocycles. The quantitative estimate of drug-likeness (QED) is 0.581. The van der Waals surface area contributed by atoms with Crippen molar-refractivity contribution in [2.24, 2.45) is 0 Å². The number of carbonyl (C=O) groups excluding carboxylic acids is 1. The molecule has 0 rings (SSSR count). The summed E-state index contributed by atoms with van der Waals surface area (Å²) in [5, 5.41) is 0. The highest BCUT2D eigenvalue weighted by atomic mass is 79.9. The van der Waals surface area contributed by atoms with Crippen molar-refractivity contribution in [1.82, 2.24) is 0 Å². The van der Waals surface area contributed by atoms with Crippen LogP contribution in [0.3, 0.4) is 0 Å². The van der Waals surface area contributed by atoms with Crippen LogP contribution in [-0.4, -0.2) is 13.1 Å².